The summed E-state index contributed by atoms with van der Waals surface area (Å²) in [5.74, 6) is 2.32. The van der Waals surface area contributed by atoms with E-state index in [1.54, 1.807) is 0 Å². The van der Waals surface area contributed by atoms with Crippen molar-refractivity contribution in [2.75, 3.05) is 5.33 Å². The van der Waals surface area contributed by atoms with Gasteiger partial charge in [-0.2, -0.15) is 0 Å². The van der Waals surface area contributed by atoms with Gasteiger partial charge in [-0.05, 0) is 43.4 Å². The minimum absolute atomic E-state index is 0.0105. The molecule has 2 aliphatic rings. The van der Waals surface area contributed by atoms with Crippen LogP contribution in [-0.4, -0.2) is 16.5 Å². The summed E-state index contributed by atoms with van der Waals surface area (Å²) in [6.45, 7) is 0. The summed E-state index contributed by atoms with van der Waals surface area (Å²) in [5, 5.41) is 10.8. The van der Waals surface area contributed by atoms with Crippen molar-refractivity contribution in [2.24, 2.45) is 17.8 Å². The molecular weight excluding hydrogens is 204 g/mol. The quantitative estimate of drug-likeness (QED) is 0.670. The summed E-state index contributed by atoms with van der Waals surface area (Å²) in [6, 6.07) is 0. The molecule has 0 heterocycles. The predicted octanol–water partition coefficient (Wildman–Crippen LogP) is 2.18. The molecule has 0 unspecified atom stereocenters. The van der Waals surface area contributed by atoms with Crippen LogP contribution in [0.25, 0.3) is 0 Å². The number of halogens is 1. The van der Waals surface area contributed by atoms with E-state index >= 15 is 0 Å². The minimum Gasteiger partial charge on any atom is -0.393 e. The molecular formula is C9H15BrO. The molecule has 2 saturated carbocycles. The van der Waals surface area contributed by atoms with Crippen LogP contribution in [0.1, 0.15) is 25.7 Å². The number of aliphatic hydroxyl groups is 1. The Labute approximate surface area is 76.3 Å². The lowest BCUT2D eigenvalue weighted by molar-refractivity contribution is 0.0640. The van der Waals surface area contributed by atoms with Gasteiger partial charge in [0.15, 0.2) is 0 Å². The number of alkyl halides is 1. The average Bonchev–Trinajstić information content (AvgIpc) is 2.37. The highest BCUT2D eigenvalue weighted by molar-refractivity contribution is 9.09. The van der Waals surface area contributed by atoms with Crippen molar-refractivity contribution in [3.63, 3.8) is 0 Å². The lowest BCUT2D eigenvalue weighted by Crippen LogP contribution is -2.26. The second-order valence-electron chi connectivity index (χ2n) is 4.06. The molecule has 1 N–H and O–H groups in total. The fourth-order valence-electron chi connectivity index (χ4n) is 2.78. The van der Waals surface area contributed by atoms with Gasteiger partial charge in [-0.15, -0.1) is 0 Å². The normalized spacial score (nSPS) is 49.6. The monoisotopic (exact) mass is 218 g/mol. The Bertz CT molecular complexity index is 146. The predicted molar refractivity (Wildman–Crippen MR) is 48.7 cm³/mol. The Morgan fingerprint density at radius 3 is 2.82 bits per heavy atom. The van der Waals surface area contributed by atoms with Gasteiger partial charge in [0.1, 0.15) is 0 Å². The molecule has 0 aliphatic heterocycles. The molecule has 0 radical (unpaired) electrons. The molecule has 0 aromatic heterocycles. The molecule has 0 spiro atoms. The Balaban J connectivity index is 2.06. The molecule has 64 valence electrons. The topological polar surface area (TPSA) is 20.2 Å². The van der Waals surface area contributed by atoms with Crippen LogP contribution in [-0.2, 0) is 0 Å². The maximum absolute atomic E-state index is 9.68. The van der Waals surface area contributed by atoms with Gasteiger partial charge in [-0.25, -0.2) is 0 Å². The summed E-state index contributed by atoms with van der Waals surface area (Å²) in [4.78, 5) is 0. The Hall–Kier alpha value is 0.440. The standard InChI is InChI=1S/C9H15BrO/c10-5-7-3-6-1-2-9(11)8(7)4-6/h6-9,11H,1-5H2/t6-,7-,8-,9+/m0/s1. The Kier molecular flexibility index (Phi) is 2.24. The van der Waals surface area contributed by atoms with Crippen LogP contribution in [0.5, 0.6) is 0 Å². The molecule has 0 amide bonds. The van der Waals surface area contributed by atoms with Crippen LogP contribution in [0.2, 0.25) is 0 Å². The van der Waals surface area contributed by atoms with Crippen LogP contribution in [0, 0.1) is 17.8 Å². The van der Waals surface area contributed by atoms with Crippen molar-refractivity contribution >= 4 is 15.9 Å². The first-order chi connectivity index (χ1) is 5.31. The van der Waals surface area contributed by atoms with Crippen molar-refractivity contribution < 1.29 is 5.11 Å². The summed E-state index contributed by atoms with van der Waals surface area (Å²) in [5.41, 5.74) is 0. The van der Waals surface area contributed by atoms with Crippen molar-refractivity contribution in [3.05, 3.63) is 0 Å². The van der Waals surface area contributed by atoms with E-state index < -0.39 is 0 Å². The molecule has 2 heteroatoms. The number of hydrogen-bond acceptors (Lipinski definition) is 1. The smallest absolute Gasteiger partial charge is 0.0571 e. The summed E-state index contributed by atoms with van der Waals surface area (Å²) < 4.78 is 0. The largest absolute Gasteiger partial charge is 0.393 e. The third-order valence-electron chi connectivity index (χ3n) is 3.41. The van der Waals surface area contributed by atoms with Gasteiger partial charge in [0.25, 0.3) is 0 Å². The lowest BCUT2D eigenvalue weighted by atomic mass is 9.85. The van der Waals surface area contributed by atoms with E-state index in [0.717, 1.165) is 23.6 Å². The van der Waals surface area contributed by atoms with Gasteiger partial charge in [0.2, 0.25) is 0 Å². The first kappa shape index (κ1) is 8.06. The molecule has 2 rings (SSSR count). The summed E-state index contributed by atoms with van der Waals surface area (Å²) >= 11 is 3.53. The van der Waals surface area contributed by atoms with E-state index in [2.05, 4.69) is 15.9 Å². The third kappa shape index (κ3) is 1.35. The number of hydrogen-bond donors (Lipinski definition) is 1. The van der Waals surface area contributed by atoms with Crippen molar-refractivity contribution in [3.8, 4) is 0 Å². The zero-order valence-electron chi connectivity index (χ0n) is 6.67. The summed E-state index contributed by atoms with van der Waals surface area (Å²) in [6.07, 6.45) is 4.97. The van der Waals surface area contributed by atoms with Crippen LogP contribution in [0.3, 0.4) is 0 Å². The van der Waals surface area contributed by atoms with Crippen LogP contribution >= 0.6 is 15.9 Å². The van der Waals surface area contributed by atoms with Gasteiger partial charge in [-0.1, -0.05) is 15.9 Å². The van der Waals surface area contributed by atoms with E-state index in [-0.39, 0.29) is 6.10 Å². The molecule has 0 saturated heterocycles. The van der Waals surface area contributed by atoms with E-state index in [1.165, 1.54) is 19.3 Å². The van der Waals surface area contributed by atoms with Gasteiger partial charge in [-0.3, -0.25) is 0 Å². The molecule has 2 aliphatic carbocycles. The molecule has 2 fully saturated rings. The van der Waals surface area contributed by atoms with E-state index in [1.807, 2.05) is 0 Å². The lowest BCUT2D eigenvalue weighted by Gasteiger charge is -2.26. The Morgan fingerprint density at radius 2 is 2.09 bits per heavy atom. The molecule has 1 nitrogen and oxygen atoms in total. The fourth-order valence-corrected chi connectivity index (χ4v) is 3.53. The Morgan fingerprint density at radius 1 is 1.27 bits per heavy atom. The second kappa shape index (κ2) is 3.06. The zero-order chi connectivity index (χ0) is 7.84. The first-order valence-corrected chi connectivity index (χ1v) is 5.67. The maximum atomic E-state index is 9.68. The average molecular weight is 219 g/mol. The molecule has 4 atom stereocenters. The highest BCUT2D eigenvalue weighted by atomic mass is 79.9. The van der Waals surface area contributed by atoms with Gasteiger partial charge in [0.05, 0.1) is 6.10 Å². The van der Waals surface area contributed by atoms with Gasteiger partial charge < -0.3 is 5.11 Å². The third-order valence-corrected chi connectivity index (χ3v) is 4.24. The highest BCUT2D eigenvalue weighted by Crippen LogP contribution is 2.46. The maximum Gasteiger partial charge on any atom is 0.0571 e. The fraction of sp³-hybridized carbons (Fsp3) is 1.00. The van der Waals surface area contributed by atoms with Gasteiger partial charge >= 0.3 is 0 Å². The van der Waals surface area contributed by atoms with E-state index in [4.69, 9.17) is 0 Å². The van der Waals surface area contributed by atoms with E-state index in [0.29, 0.717) is 5.92 Å². The molecule has 0 aromatic carbocycles. The summed E-state index contributed by atoms with van der Waals surface area (Å²) in [7, 11) is 0. The van der Waals surface area contributed by atoms with E-state index in [9.17, 15) is 5.11 Å². The minimum atomic E-state index is 0.0105. The second-order valence-corrected chi connectivity index (χ2v) is 4.71. The van der Waals surface area contributed by atoms with Gasteiger partial charge in [0, 0.05) is 5.33 Å². The number of aliphatic hydroxyl groups excluding tert-OH is 1. The molecule has 2 bridgehead atoms. The molecule has 0 aromatic rings. The SMILES string of the molecule is O[C@@H]1CC[C@H]2C[C@@H](CBr)[C@@H]1C2. The van der Waals surface area contributed by atoms with Crippen LogP contribution in [0.15, 0.2) is 0 Å². The van der Waals surface area contributed by atoms with Crippen molar-refractivity contribution in [1.29, 1.82) is 0 Å². The number of rotatable bonds is 1. The molecule has 11 heavy (non-hydrogen) atoms. The highest BCUT2D eigenvalue weighted by Gasteiger charge is 2.41. The number of fused-ring (bicyclic) bond motifs is 2. The first-order valence-electron chi connectivity index (χ1n) is 4.55. The van der Waals surface area contributed by atoms with Crippen molar-refractivity contribution in [2.45, 2.75) is 31.8 Å². The van der Waals surface area contributed by atoms with Crippen LogP contribution < -0.4 is 0 Å². The zero-order valence-corrected chi connectivity index (χ0v) is 8.26. The van der Waals surface area contributed by atoms with Crippen molar-refractivity contribution in [1.82, 2.24) is 0 Å². The van der Waals surface area contributed by atoms with Crippen LogP contribution in [0.4, 0.5) is 0 Å².